The van der Waals surface area contributed by atoms with Crippen molar-refractivity contribution < 1.29 is 18.0 Å². The monoisotopic (exact) mass is 233 g/mol. The highest BCUT2D eigenvalue weighted by Gasteiger charge is 2.12. The third kappa shape index (κ3) is 3.83. The van der Waals surface area contributed by atoms with Gasteiger partial charge < -0.3 is 0 Å². The summed E-state index contributed by atoms with van der Waals surface area (Å²) in [6, 6.07) is 1.86. The van der Waals surface area contributed by atoms with Crippen molar-refractivity contribution in [3.8, 4) is 0 Å². The standard InChI is InChI=1S/C11H14F3NO/c1-11(2,3)16-15-6-7-4-8(12)10(14)9(13)5-7/h4-5,15H,6H2,1-3H3. The summed E-state index contributed by atoms with van der Waals surface area (Å²) in [4.78, 5) is 5.15. The lowest BCUT2D eigenvalue weighted by Crippen LogP contribution is -2.28. The maximum absolute atomic E-state index is 12.8. The Hall–Kier alpha value is -1.07. The Kier molecular flexibility index (Phi) is 3.93. The van der Waals surface area contributed by atoms with E-state index in [0.717, 1.165) is 12.1 Å². The average molecular weight is 233 g/mol. The molecule has 1 N–H and O–H groups in total. The van der Waals surface area contributed by atoms with Gasteiger partial charge in [-0.15, -0.1) is 0 Å². The fourth-order valence-corrected chi connectivity index (χ4v) is 1.05. The number of hydrogen-bond donors (Lipinski definition) is 1. The zero-order valence-corrected chi connectivity index (χ0v) is 9.40. The van der Waals surface area contributed by atoms with E-state index < -0.39 is 23.1 Å². The Morgan fingerprint density at radius 1 is 1.12 bits per heavy atom. The molecule has 0 spiro atoms. The van der Waals surface area contributed by atoms with Crippen LogP contribution in [0.1, 0.15) is 26.3 Å². The second kappa shape index (κ2) is 4.84. The second-order valence-electron chi connectivity index (χ2n) is 4.41. The highest BCUT2D eigenvalue weighted by atomic mass is 19.2. The first kappa shape index (κ1) is 13.0. The second-order valence-corrected chi connectivity index (χ2v) is 4.41. The van der Waals surface area contributed by atoms with E-state index in [9.17, 15) is 13.2 Å². The number of hydrogen-bond acceptors (Lipinski definition) is 2. The van der Waals surface area contributed by atoms with Crippen LogP contribution in [0, 0.1) is 17.5 Å². The van der Waals surface area contributed by atoms with Gasteiger partial charge in [-0.25, -0.2) is 13.2 Å². The summed E-state index contributed by atoms with van der Waals surface area (Å²) in [5, 5.41) is 0. The van der Waals surface area contributed by atoms with Crippen LogP contribution < -0.4 is 5.48 Å². The van der Waals surface area contributed by atoms with Gasteiger partial charge in [0.1, 0.15) is 0 Å². The Bertz CT molecular complexity index is 351. The number of benzene rings is 1. The first-order valence-electron chi connectivity index (χ1n) is 4.84. The number of halogens is 3. The molecule has 5 heteroatoms. The van der Waals surface area contributed by atoms with Crippen molar-refractivity contribution >= 4 is 0 Å². The van der Waals surface area contributed by atoms with Gasteiger partial charge in [0.2, 0.25) is 0 Å². The summed E-state index contributed by atoms with van der Waals surface area (Å²) in [6.07, 6.45) is 0. The molecule has 0 heterocycles. The highest BCUT2D eigenvalue weighted by molar-refractivity contribution is 5.19. The molecule has 1 rings (SSSR count). The molecule has 0 unspecified atom stereocenters. The van der Waals surface area contributed by atoms with Crippen LogP contribution in [-0.4, -0.2) is 5.60 Å². The zero-order valence-electron chi connectivity index (χ0n) is 9.40. The minimum absolute atomic E-state index is 0.103. The van der Waals surface area contributed by atoms with Crippen LogP contribution >= 0.6 is 0 Å². The van der Waals surface area contributed by atoms with Crippen LogP contribution in [0.5, 0.6) is 0 Å². The lowest BCUT2D eigenvalue weighted by molar-refractivity contribution is -0.0758. The van der Waals surface area contributed by atoms with Crippen molar-refractivity contribution in [1.29, 1.82) is 0 Å². The van der Waals surface area contributed by atoms with Crippen LogP contribution in [0.15, 0.2) is 12.1 Å². The first-order valence-corrected chi connectivity index (χ1v) is 4.84. The minimum Gasteiger partial charge on any atom is -0.296 e. The van der Waals surface area contributed by atoms with Crippen LogP contribution in [-0.2, 0) is 11.4 Å². The average Bonchev–Trinajstić information content (AvgIpc) is 2.12. The normalized spacial score (nSPS) is 11.9. The molecule has 0 atom stereocenters. The smallest absolute Gasteiger partial charge is 0.194 e. The maximum Gasteiger partial charge on any atom is 0.194 e. The lowest BCUT2D eigenvalue weighted by Gasteiger charge is -2.19. The molecule has 0 aliphatic heterocycles. The predicted octanol–water partition coefficient (Wildman–Crippen LogP) is 2.92. The van der Waals surface area contributed by atoms with E-state index in [1.807, 2.05) is 20.8 Å². The Balaban J connectivity index is 2.62. The van der Waals surface area contributed by atoms with Crippen LogP contribution in [0.25, 0.3) is 0 Å². The van der Waals surface area contributed by atoms with E-state index in [2.05, 4.69) is 5.48 Å². The van der Waals surface area contributed by atoms with Gasteiger partial charge in [-0.2, -0.15) is 5.48 Å². The largest absolute Gasteiger partial charge is 0.296 e. The van der Waals surface area contributed by atoms with Crippen molar-refractivity contribution in [2.75, 3.05) is 0 Å². The summed E-state index contributed by atoms with van der Waals surface area (Å²) in [7, 11) is 0. The molecule has 0 fully saturated rings. The number of hydroxylamine groups is 1. The first-order chi connectivity index (χ1) is 7.29. The fraction of sp³-hybridized carbons (Fsp3) is 0.455. The van der Waals surface area contributed by atoms with Crippen molar-refractivity contribution in [2.24, 2.45) is 0 Å². The summed E-state index contributed by atoms with van der Waals surface area (Å²) in [5.41, 5.74) is 2.43. The SMILES string of the molecule is CC(C)(C)ONCc1cc(F)c(F)c(F)c1. The molecule has 0 aromatic heterocycles. The Morgan fingerprint density at radius 2 is 1.62 bits per heavy atom. The summed E-state index contributed by atoms with van der Waals surface area (Å²) in [6.45, 7) is 5.58. The highest BCUT2D eigenvalue weighted by Crippen LogP contribution is 2.13. The molecule has 0 radical (unpaired) electrons. The van der Waals surface area contributed by atoms with E-state index in [1.54, 1.807) is 0 Å². The third-order valence-electron chi connectivity index (χ3n) is 1.70. The van der Waals surface area contributed by atoms with E-state index >= 15 is 0 Å². The predicted molar refractivity (Wildman–Crippen MR) is 54.0 cm³/mol. The molecule has 0 amide bonds. The zero-order chi connectivity index (χ0) is 12.3. The molecule has 1 aromatic carbocycles. The molecular weight excluding hydrogens is 219 g/mol. The van der Waals surface area contributed by atoms with Gasteiger partial charge in [-0.3, -0.25) is 4.84 Å². The topological polar surface area (TPSA) is 21.3 Å². The molecule has 0 saturated heterocycles. The van der Waals surface area contributed by atoms with Gasteiger partial charge in [0.25, 0.3) is 0 Å². The number of nitrogens with one attached hydrogen (secondary N) is 1. The molecular formula is C11H14F3NO. The summed E-state index contributed by atoms with van der Waals surface area (Å²) < 4.78 is 38.3. The van der Waals surface area contributed by atoms with Gasteiger partial charge in [0.15, 0.2) is 17.5 Å². The lowest BCUT2D eigenvalue weighted by atomic mass is 10.2. The van der Waals surface area contributed by atoms with E-state index in [4.69, 9.17) is 4.84 Å². The molecule has 0 aliphatic rings. The summed E-state index contributed by atoms with van der Waals surface area (Å²) >= 11 is 0. The van der Waals surface area contributed by atoms with Crippen molar-refractivity contribution in [3.63, 3.8) is 0 Å². The molecule has 90 valence electrons. The number of rotatable bonds is 3. The van der Waals surface area contributed by atoms with Gasteiger partial charge in [0, 0.05) is 6.54 Å². The van der Waals surface area contributed by atoms with E-state index in [0.29, 0.717) is 0 Å². The van der Waals surface area contributed by atoms with Gasteiger partial charge >= 0.3 is 0 Å². The van der Waals surface area contributed by atoms with Crippen molar-refractivity contribution in [2.45, 2.75) is 32.9 Å². The summed E-state index contributed by atoms with van der Waals surface area (Å²) in [5.74, 6) is -3.86. The van der Waals surface area contributed by atoms with Crippen molar-refractivity contribution in [1.82, 2.24) is 5.48 Å². The molecule has 0 aliphatic carbocycles. The Labute approximate surface area is 92.4 Å². The van der Waals surface area contributed by atoms with Gasteiger partial charge in [-0.05, 0) is 38.5 Å². The van der Waals surface area contributed by atoms with E-state index in [-0.39, 0.29) is 12.1 Å². The maximum atomic E-state index is 12.8. The molecule has 0 saturated carbocycles. The van der Waals surface area contributed by atoms with Crippen LogP contribution in [0.3, 0.4) is 0 Å². The Morgan fingerprint density at radius 3 is 2.06 bits per heavy atom. The van der Waals surface area contributed by atoms with Crippen LogP contribution in [0.4, 0.5) is 13.2 Å². The van der Waals surface area contributed by atoms with Gasteiger partial charge in [0.05, 0.1) is 5.60 Å². The minimum atomic E-state index is -1.46. The quantitative estimate of drug-likeness (QED) is 0.640. The van der Waals surface area contributed by atoms with Gasteiger partial charge in [-0.1, -0.05) is 0 Å². The van der Waals surface area contributed by atoms with Crippen LogP contribution in [0.2, 0.25) is 0 Å². The van der Waals surface area contributed by atoms with E-state index in [1.165, 1.54) is 0 Å². The molecule has 2 nitrogen and oxygen atoms in total. The molecule has 1 aromatic rings. The molecule has 0 bridgehead atoms. The van der Waals surface area contributed by atoms with Crippen molar-refractivity contribution in [3.05, 3.63) is 35.1 Å². The fourth-order valence-electron chi connectivity index (χ4n) is 1.05. The third-order valence-corrected chi connectivity index (χ3v) is 1.70. The molecule has 16 heavy (non-hydrogen) atoms.